The molecule has 0 aliphatic carbocycles. The number of anilines is 1. The van der Waals surface area contributed by atoms with E-state index in [4.69, 9.17) is 16.3 Å². The van der Waals surface area contributed by atoms with E-state index in [9.17, 15) is 9.59 Å². The van der Waals surface area contributed by atoms with Gasteiger partial charge >= 0.3 is 5.97 Å². The van der Waals surface area contributed by atoms with Crippen LogP contribution in [0.25, 0.3) is 16.4 Å². The van der Waals surface area contributed by atoms with Gasteiger partial charge in [0.1, 0.15) is 5.82 Å². The Morgan fingerprint density at radius 2 is 2.04 bits per heavy atom. The van der Waals surface area contributed by atoms with Gasteiger partial charge in [-0.3, -0.25) is 4.79 Å². The Hall–Kier alpha value is -2.71. The Morgan fingerprint density at radius 3 is 2.69 bits per heavy atom. The lowest BCUT2D eigenvalue weighted by Crippen LogP contribution is -2.11. The molecule has 3 aromatic rings. The number of thiazole rings is 1. The number of halogens is 1. The molecule has 0 bridgehead atoms. The van der Waals surface area contributed by atoms with Crippen LogP contribution in [0.2, 0.25) is 5.02 Å². The van der Waals surface area contributed by atoms with Crippen molar-refractivity contribution >= 4 is 40.6 Å². The number of carbonyl (C=O) groups is 2. The summed E-state index contributed by atoms with van der Waals surface area (Å²) in [4.78, 5) is 27.6. The van der Waals surface area contributed by atoms with Gasteiger partial charge in [-0.05, 0) is 19.1 Å². The van der Waals surface area contributed by atoms with Crippen LogP contribution < -0.4 is 5.32 Å². The maximum Gasteiger partial charge on any atom is 0.357 e. The zero-order valence-corrected chi connectivity index (χ0v) is 15.6. The number of rotatable bonds is 5. The molecule has 3 rings (SSSR count). The highest BCUT2D eigenvalue weighted by atomic mass is 35.5. The van der Waals surface area contributed by atoms with E-state index in [0.29, 0.717) is 21.7 Å². The summed E-state index contributed by atoms with van der Waals surface area (Å²) in [7, 11) is 0. The SMILES string of the molecule is CCOC(=O)c1csc(-n2nc(-c3ccc(Cl)cc3)cc2NC(C)=O)n1. The fraction of sp³-hybridized carbons (Fsp3) is 0.176. The normalized spacial score (nSPS) is 10.6. The van der Waals surface area contributed by atoms with Crippen molar-refractivity contribution in [1.29, 1.82) is 0 Å². The van der Waals surface area contributed by atoms with Crippen LogP contribution in [0.1, 0.15) is 24.3 Å². The number of esters is 1. The standard InChI is InChI=1S/C17H15ClN4O3S/c1-3-25-16(24)14-9-26-17(20-14)22-15(19-10(2)23)8-13(21-22)11-4-6-12(18)7-5-11/h4-9H,3H2,1-2H3,(H,19,23). The summed E-state index contributed by atoms with van der Waals surface area (Å²) in [5.41, 5.74) is 1.67. The number of hydrogen-bond acceptors (Lipinski definition) is 6. The summed E-state index contributed by atoms with van der Waals surface area (Å²) in [6.45, 7) is 3.41. The Morgan fingerprint density at radius 1 is 1.31 bits per heavy atom. The molecule has 1 aromatic carbocycles. The van der Waals surface area contributed by atoms with Gasteiger partial charge in [-0.15, -0.1) is 11.3 Å². The summed E-state index contributed by atoms with van der Waals surface area (Å²) in [5, 5.41) is 9.88. The smallest absolute Gasteiger partial charge is 0.357 e. The average molecular weight is 391 g/mol. The number of aromatic nitrogens is 3. The van der Waals surface area contributed by atoms with Crippen LogP contribution in [-0.2, 0) is 9.53 Å². The van der Waals surface area contributed by atoms with Crippen molar-refractivity contribution in [3.63, 3.8) is 0 Å². The number of nitrogens with zero attached hydrogens (tertiary/aromatic N) is 3. The summed E-state index contributed by atoms with van der Waals surface area (Å²) >= 11 is 7.15. The van der Waals surface area contributed by atoms with Gasteiger partial charge in [0, 0.05) is 29.0 Å². The first-order chi connectivity index (χ1) is 12.5. The molecule has 0 fully saturated rings. The second-order valence-corrected chi connectivity index (χ2v) is 6.52. The Labute approximate surface area is 158 Å². The van der Waals surface area contributed by atoms with E-state index in [1.54, 1.807) is 30.5 Å². The van der Waals surface area contributed by atoms with E-state index in [0.717, 1.165) is 5.56 Å². The lowest BCUT2D eigenvalue weighted by atomic mass is 10.1. The maximum absolute atomic E-state index is 11.8. The van der Waals surface area contributed by atoms with Crippen LogP contribution in [0.5, 0.6) is 0 Å². The lowest BCUT2D eigenvalue weighted by Gasteiger charge is -2.03. The third kappa shape index (κ3) is 3.92. The van der Waals surface area contributed by atoms with E-state index in [1.165, 1.54) is 22.9 Å². The fourth-order valence-electron chi connectivity index (χ4n) is 2.22. The van der Waals surface area contributed by atoms with Gasteiger partial charge in [0.2, 0.25) is 11.0 Å². The molecule has 26 heavy (non-hydrogen) atoms. The molecule has 0 atom stereocenters. The van der Waals surface area contributed by atoms with Crippen molar-refractivity contribution in [1.82, 2.24) is 14.8 Å². The number of ether oxygens (including phenoxy) is 1. The lowest BCUT2D eigenvalue weighted by molar-refractivity contribution is -0.114. The summed E-state index contributed by atoms with van der Waals surface area (Å²) in [5.74, 6) is -0.288. The molecule has 0 aliphatic rings. The van der Waals surface area contributed by atoms with Gasteiger partial charge < -0.3 is 10.1 Å². The van der Waals surface area contributed by atoms with Crippen LogP contribution in [0.3, 0.4) is 0 Å². The van der Waals surface area contributed by atoms with E-state index in [1.807, 2.05) is 12.1 Å². The van der Waals surface area contributed by atoms with Gasteiger partial charge in [-0.1, -0.05) is 23.7 Å². The Bertz CT molecular complexity index is 949. The molecule has 2 aromatic heterocycles. The minimum absolute atomic E-state index is 0.198. The van der Waals surface area contributed by atoms with Crippen LogP contribution in [0, 0.1) is 0 Å². The number of benzene rings is 1. The molecule has 0 unspecified atom stereocenters. The molecule has 0 saturated carbocycles. The van der Waals surface area contributed by atoms with Crippen LogP contribution in [0.4, 0.5) is 5.82 Å². The number of nitrogens with one attached hydrogen (secondary N) is 1. The number of amides is 1. The zero-order chi connectivity index (χ0) is 18.7. The van der Waals surface area contributed by atoms with E-state index < -0.39 is 5.97 Å². The van der Waals surface area contributed by atoms with Crippen molar-refractivity contribution in [3.8, 4) is 16.4 Å². The highest BCUT2D eigenvalue weighted by Gasteiger charge is 2.18. The second kappa shape index (κ2) is 7.67. The first-order valence-electron chi connectivity index (χ1n) is 7.74. The van der Waals surface area contributed by atoms with Gasteiger partial charge in [-0.2, -0.15) is 9.78 Å². The molecule has 0 spiro atoms. The molecule has 0 aliphatic heterocycles. The Kier molecular flexibility index (Phi) is 5.34. The average Bonchev–Trinajstić information content (AvgIpc) is 3.22. The molecule has 134 valence electrons. The van der Waals surface area contributed by atoms with E-state index >= 15 is 0 Å². The molecular formula is C17H15ClN4O3S. The van der Waals surface area contributed by atoms with Crippen molar-refractivity contribution in [2.75, 3.05) is 11.9 Å². The predicted octanol–water partition coefficient (Wildman–Crippen LogP) is 3.78. The van der Waals surface area contributed by atoms with Crippen molar-refractivity contribution < 1.29 is 14.3 Å². The summed E-state index contributed by atoms with van der Waals surface area (Å²) in [6.07, 6.45) is 0. The minimum atomic E-state index is -0.499. The van der Waals surface area contributed by atoms with E-state index in [2.05, 4.69) is 15.4 Å². The summed E-state index contributed by atoms with van der Waals surface area (Å²) < 4.78 is 6.44. The van der Waals surface area contributed by atoms with Crippen LogP contribution in [-0.4, -0.2) is 33.2 Å². The second-order valence-electron chi connectivity index (χ2n) is 5.25. The molecule has 2 heterocycles. The van der Waals surface area contributed by atoms with Gasteiger partial charge in [-0.25, -0.2) is 9.78 Å². The van der Waals surface area contributed by atoms with Gasteiger partial charge in [0.25, 0.3) is 0 Å². The number of hydrogen-bond donors (Lipinski definition) is 1. The zero-order valence-electron chi connectivity index (χ0n) is 14.0. The van der Waals surface area contributed by atoms with E-state index in [-0.39, 0.29) is 18.2 Å². The molecule has 0 radical (unpaired) electrons. The predicted molar refractivity (Wildman–Crippen MR) is 99.9 cm³/mol. The van der Waals surface area contributed by atoms with Gasteiger partial charge in [0.05, 0.1) is 12.3 Å². The fourth-order valence-corrected chi connectivity index (χ4v) is 3.10. The van der Waals surface area contributed by atoms with Crippen LogP contribution >= 0.6 is 22.9 Å². The first-order valence-corrected chi connectivity index (χ1v) is 9.00. The molecule has 7 nitrogen and oxygen atoms in total. The topological polar surface area (TPSA) is 86.1 Å². The van der Waals surface area contributed by atoms with Crippen LogP contribution in [0.15, 0.2) is 35.7 Å². The third-order valence-corrected chi connectivity index (χ3v) is 4.38. The van der Waals surface area contributed by atoms with Crippen molar-refractivity contribution in [2.24, 2.45) is 0 Å². The Balaban J connectivity index is 2.01. The largest absolute Gasteiger partial charge is 0.461 e. The third-order valence-electron chi connectivity index (χ3n) is 3.31. The molecule has 1 amide bonds. The van der Waals surface area contributed by atoms with Gasteiger partial charge in [0.15, 0.2) is 5.69 Å². The van der Waals surface area contributed by atoms with Crippen molar-refractivity contribution in [3.05, 3.63) is 46.4 Å². The highest BCUT2D eigenvalue weighted by molar-refractivity contribution is 7.12. The molecule has 1 N–H and O–H groups in total. The summed E-state index contributed by atoms with van der Waals surface area (Å²) in [6, 6.07) is 8.92. The minimum Gasteiger partial charge on any atom is -0.461 e. The number of carbonyl (C=O) groups excluding carboxylic acids is 2. The molecule has 0 saturated heterocycles. The maximum atomic E-state index is 11.8. The highest BCUT2D eigenvalue weighted by Crippen LogP contribution is 2.27. The first kappa shape index (κ1) is 18.1. The van der Waals surface area contributed by atoms with Crippen molar-refractivity contribution in [2.45, 2.75) is 13.8 Å². The quantitative estimate of drug-likeness (QED) is 0.670. The monoisotopic (exact) mass is 390 g/mol. The molecule has 9 heteroatoms. The molecular weight excluding hydrogens is 376 g/mol.